The van der Waals surface area contributed by atoms with Crippen LogP contribution >= 0.6 is 0 Å². The fraction of sp³-hybridized carbons (Fsp3) is 0.556. The molecule has 1 N–H and O–H groups in total. The van der Waals surface area contributed by atoms with Crippen LogP contribution in [-0.2, 0) is 24.4 Å². The van der Waals surface area contributed by atoms with Crippen molar-refractivity contribution in [2.45, 2.75) is 39.9 Å². The quantitative estimate of drug-likeness (QED) is 0.771. The molecule has 3 rings (SSSR count). The third-order valence-corrected chi connectivity index (χ3v) is 4.84. The van der Waals surface area contributed by atoms with Gasteiger partial charge in [-0.05, 0) is 19.9 Å². The van der Waals surface area contributed by atoms with E-state index in [4.69, 9.17) is 5.11 Å². The lowest BCUT2D eigenvalue weighted by Crippen LogP contribution is -2.48. The van der Waals surface area contributed by atoms with Crippen molar-refractivity contribution >= 4 is 11.9 Å². The standard InChI is InChI=1S/C18H26N6O3/c1-3-23-13-15(14(2)19-23)12-21-8-10-22(11-9-21)18(27)16-4-6-24(20-16)7-5-17(25)26/h4,6,13H,3,5,7-12H2,1-2H3,(H,25,26). The highest BCUT2D eigenvalue weighted by molar-refractivity contribution is 5.92. The number of hydrogen-bond acceptors (Lipinski definition) is 5. The first kappa shape index (κ1) is 19.1. The molecular formula is C18H26N6O3. The Balaban J connectivity index is 1.51. The Morgan fingerprint density at radius 2 is 1.89 bits per heavy atom. The number of carboxylic acid groups (broad SMARTS) is 1. The van der Waals surface area contributed by atoms with Crippen LogP contribution in [0.25, 0.3) is 0 Å². The monoisotopic (exact) mass is 374 g/mol. The van der Waals surface area contributed by atoms with Crippen LogP contribution in [0, 0.1) is 6.92 Å². The number of amides is 1. The van der Waals surface area contributed by atoms with Gasteiger partial charge in [0.25, 0.3) is 5.91 Å². The minimum Gasteiger partial charge on any atom is -0.481 e. The molecule has 0 spiro atoms. The van der Waals surface area contributed by atoms with Crippen LogP contribution in [0.4, 0.5) is 0 Å². The second-order valence-corrected chi connectivity index (χ2v) is 6.77. The molecule has 2 aromatic heterocycles. The number of nitrogens with zero attached hydrogens (tertiary/aromatic N) is 6. The summed E-state index contributed by atoms with van der Waals surface area (Å²) in [6.45, 7) is 9.00. The highest BCUT2D eigenvalue weighted by Crippen LogP contribution is 2.13. The Bertz CT molecular complexity index is 804. The van der Waals surface area contributed by atoms with E-state index in [1.54, 1.807) is 12.3 Å². The zero-order valence-electron chi connectivity index (χ0n) is 15.8. The van der Waals surface area contributed by atoms with E-state index in [-0.39, 0.29) is 18.9 Å². The molecule has 0 unspecified atom stereocenters. The molecule has 1 aliphatic heterocycles. The zero-order valence-corrected chi connectivity index (χ0v) is 15.8. The molecule has 27 heavy (non-hydrogen) atoms. The Hall–Kier alpha value is -2.68. The first-order valence-electron chi connectivity index (χ1n) is 9.26. The largest absolute Gasteiger partial charge is 0.481 e. The number of carbonyl (C=O) groups excluding carboxylic acids is 1. The molecule has 0 atom stereocenters. The third kappa shape index (κ3) is 4.73. The maximum atomic E-state index is 12.6. The lowest BCUT2D eigenvalue weighted by molar-refractivity contribution is -0.137. The number of rotatable bonds is 7. The van der Waals surface area contributed by atoms with Gasteiger partial charge in [0, 0.05) is 57.2 Å². The van der Waals surface area contributed by atoms with E-state index in [0.29, 0.717) is 18.8 Å². The van der Waals surface area contributed by atoms with Crippen LogP contribution < -0.4 is 0 Å². The summed E-state index contributed by atoms with van der Waals surface area (Å²) in [6, 6.07) is 1.65. The molecule has 1 saturated heterocycles. The van der Waals surface area contributed by atoms with Crippen molar-refractivity contribution in [1.29, 1.82) is 0 Å². The normalized spacial score (nSPS) is 15.3. The number of carbonyl (C=O) groups is 2. The lowest BCUT2D eigenvalue weighted by atomic mass is 10.2. The SMILES string of the molecule is CCn1cc(CN2CCN(C(=O)c3ccn(CCC(=O)O)n3)CC2)c(C)n1. The molecule has 9 heteroatoms. The Morgan fingerprint density at radius 3 is 2.52 bits per heavy atom. The number of hydrogen-bond donors (Lipinski definition) is 1. The number of aromatic nitrogens is 4. The van der Waals surface area contributed by atoms with Crippen LogP contribution in [-0.4, -0.2) is 72.5 Å². The summed E-state index contributed by atoms with van der Waals surface area (Å²) in [5, 5.41) is 17.4. The van der Waals surface area contributed by atoms with Gasteiger partial charge >= 0.3 is 5.97 Å². The van der Waals surface area contributed by atoms with Gasteiger partial charge in [-0.2, -0.15) is 10.2 Å². The summed E-state index contributed by atoms with van der Waals surface area (Å²) in [7, 11) is 0. The Morgan fingerprint density at radius 1 is 1.15 bits per heavy atom. The summed E-state index contributed by atoms with van der Waals surface area (Å²) >= 11 is 0. The molecule has 146 valence electrons. The predicted octanol–water partition coefficient (Wildman–Crippen LogP) is 0.841. The summed E-state index contributed by atoms with van der Waals surface area (Å²) in [4.78, 5) is 27.4. The minimum atomic E-state index is -0.880. The average molecular weight is 374 g/mol. The average Bonchev–Trinajstić information content (AvgIpc) is 3.27. The van der Waals surface area contributed by atoms with Gasteiger partial charge < -0.3 is 10.0 Å². The van der Waals surface area contributed by atoms with Crippen LogP contribution in [0.15, 0.2) is 18.5 Å². The molecule has 0 saturated carbocycles. The van der Waals surface area contributed by atoms with Crippen molar-refractivity contribution in [3.05, 3.63) is 35.4 Å². The highest BCUT2D eigenvalue weighted by atomic mass is 16.4. The summed E-state index contributed by atoms with van der Waals surface area (Å²) in [5.74, 6) is -0.979. The van der Waals surface area contributed by atoms with E-state index >= 15 is 0 Å². The van der Waals surface area contributed by atoms with Gasteiger partial charge in [0.2, 0.25) is 0 Å². The molecule has 0 aliphatic carbocycles. The van der Waals surface area contributed by atoms with E-state index in [1.807, 2.05) is 16.5 Å². The summed E-state index contributed by atoms with van der Waals surface area (Å²) in [6.07, 6.45) is 3.74. The van der Waals surface area contributed by atoms with E-state index in [0.717, 1.165) is 31.9 Å². The van der Waals surface area contributed by atoms with Gasteiger partial charge in [-0.3, -0.25) is 23.9 Å². The topological polar surface area (TPSA) is 96.5 Å². The third-order valence-electron chi connectivity index (χ3n) is 4.84. The molecule has 1 fully saturated rings. The van der Waals surface area contributed by atoms with E-state index in [9.17, 15) is 9.59 Å². The number of aryl methyl sites for hydroxylation is 3. The number of carboxylic acids is 1. The first-order chi connectivity index (χ1) is 13.0. The molecule has 3 heterocycles. The van der Waals surface area contributed by atoms with Gasteiger partial charge in [0.1, 0.15) is 5.69 Å². The second-order valence-electron chi connectivity index (χ2n) is 6.77. The smallest absolute Gasteiger partial charge is 0.305 e. The summed E-state index contributed by atoms with van der Waals surface area (Å²) in [5.41, 5.74) is 2.66. The fourth-order valence-electron chi connectivity index (χ4n) is 3.20. The predicted molar refractivity (Wildman–Crippen MR) is 98.3 cm³/mol. The van der Waals surface area contributed by atoms with Crippen LogP contribution in [0.2, 0.25) is 0 Å². The molecular weight excluding hydrogens is 348 g/mol. The van der Waals surface area contributed by atoms with Crippen LogP contribution in [0.5, 0.6) is 0 Å². The molecule has 2 aromatic rings. The molecule has 9 nitrogen and oxygen atoms in total. The highest BCUT2D eigenvalue weighted by Gasteiger charge is 2.24. The Kier molecular flexibility index (Phi) is 5.90. The fourth-order valence-corrected chi connectivity index (χ4v) is 3.20. The van der Waals surface area contributed by atoms with Crippen LogP contribution in [0.3, 0.4) is 0 Å². The number of aliphatic carboxylic acids is 1. The van der Waals surface area contributed by atoms with E-state index in [1.165, 1.54) is 10.2 Å². The van der Waals surface area contributed by atoms with Crippen molar-refractivity contribution in [1.82, 2.24) is 29.4 Å². The van der Waals surface area contributed by atoms with Crippen molar-refractivity contribution < 1.29 is 14.7 Å². The molecule has 0 bridgehead atoms. The van der Waals surface area contributed by atoms with E-state index < -0.39 is 5.97 Å². The van der Waals surface area contributed by atoms with Gasteiger partial charge in [-0.1, -0.05) is 0 Å². The van der Waals surface area contributed by atoms with Crippen molar-refractivity contribution in [3.8, 4) is 0 Å². The van der Waals surface area contributed by atoms with Crippen molar-refractivity contribution in [2.24, 2.45) is 0 Å². The summed E-state index contributed by atoms with van der Waals surface area (Å²) < 4.78 is 3.46. The molecule has 1 aliphatic rings. The molecule has 0 aromatic carbocycles. The minimum absolute atomic E-state index is 0.0119. The van der Waals surface area contributed by atoms with Gasteiger partial charge in [-0.25, -0.2) is 0 Å². The lowest BCUT2D eigenvalue weighted by Gasteiger charge is -2.34. The zero-order chi connectivity index (χ0) is 19.4. The van der Waals surface area contributed by atoms with Crippen LogP contribution in [0.1, 0.15) is 35.1 Å². The second kappa shape index (κ2) is 8.34. The van der Waals surface area contributed by atoms with Crippen molar-refractivity contribution in [3.63, 3.8) is 0 Å². The van der Waals surface area contributed by atoms with Gasteiger partial charge in [0.15, 0.2) is 0 Å². The maximum absolute atomic E-state index is 12.6. The molecule has 0 radical (unpaired) electrons. The molecule has 1 amide bonds. The van der Waals surface area contributed by atoms with Gasteiger partial charge in [0.05, 0.1) is 18.7 Å². The maximum Gasteiger partial charge on any atom is 0.305 e. The number of piperazine rings is 1. The van der Waals surface area contributed by atoms with Crippen molar-refractivity contribution in [2.75, 3.05) is 26.2 Å². The van der Waals surface area contributed by atoms with Gasteiger partial charge in [-0.15, -0.1) is 0 Å². The first-order valence-corrected chi connectivity index (χ1v) is 9.26. The Labute approximate surface area is 158 Å². The van der Waals surface area contributed by atoms with E-state index in [2.05, 4.69) is 28.2 Å².